The lowest BCUT2D eigenvalue weighted by Gasteiger charge is -2.19. The van der Waals surface area contributed by atoms with Crippen LogP contribution in [-0.4, -0.2) is 32.1 Å². The quantitative estimate of drug-likeness (QED) is 0.0549. The number of thioether (sulfide) groups is 2. The second kappa shape index (κ2) is 19.1. The first-order chi connectivity index (χ1) is 24.2. The Kier molecular flexibility index (Phi) is 16.3. The molecule has 0 aliphatic carbocycles. The topological polar surface area (TPSA) is 141 Å². The molecule has 4 N–H and O–H groups in total. The monoisotopic (exact) mass is 930 g/mol. The molecule has 52 heavy (non-hydrogen) atoms. The molecule has 4 aromatic carbocycles. The Morgan fingerprint density at radius 2 is 1.08 bits per heavy atom. The van der Waals surface area contributed by atoms with E-state index in [0.717, 1.165) is 29.0 Å². The highest BCUT2D eigenvalue weighted by Crippen LogP contribution is 2.61. The fourth-order valence-electron chi connectivity index (χ4n) is 4.36. The van der Waals surface area contributed by atoms with E-state index in [-0.39, 0.29) is 14.9 Å². The molecule has 0 fully saturated rings. The van der Waals surface area contributed by atoms with Crippen LogP contribution in [0.25, 0.3) is 0 Å². The van der Waals surface area contributed by atoms with Gasteiger partial charge in [0, 0.05) is 43.1 Å². The van der Waals surface area contributed by atoms with Crippen molar-refractivity contribution in [2.24, 2.45) is 0 Å². The molecule has 4 rings (SSSR count). The van der Waals surface area contributed by atoms with E-state index in [1.54, 1.807) is 36.9 Å². The van der Waals surface area contributed by atoms with Gasteiger partial charge >= 0.3 is 32.5 Å². The van der Waals surface area contributed by atoms with Gasteiger partial charge in [0.25, 0.3) is 0 Å². The first-order valence-corrected chi connectivity index (χ1v) is 22.2. The van der Waals surface area contributed by atoms with Gasteiger partial charge in [-0.3, -0.25) is 9.13 Å². The van der Waals surface area contributed by atoms with Gasteiger partial charge in [-0.1, -0.05) is 98.1 Å². The van der Waals surface area contributed by atoms with Crippen LogP contribution in [0.15, 0.2) is 93.9 Å². The Morgan fingerprint density at radius 1 is 0.673 bits per heavy atom. The van der Waals surface area contributed by atoms with E-state index in [0.29, 0.717) is 35.0 Å². The first kappa shape index (κ1) is 44.4. The van der Waals surface area contributed by atoms with E-state index in [1.165, 1.54) is 47.2 Å². The molecule has 0 aliphatic heterocycles. The molecule has 0 spiro atoms. The molecule has 0 aromatic heterocycles. The fourth-order valence-corrected chi connectivity index (χ4v) is 8.91. The number of hydrogen-bond acceptors (Lipinski definition) is 6. The number of esters is 1. The molecule has 282 valence electrons. The van der Waals surface area contributed by atoms with Crippen LogP contribution in [0, 0.1) is 6.92 Å². The van der Waals surface area contributed by atoms with E-state index < -0.39 is 37.6 Å². The van der Waals surface area contributed by atoms with Gasteiger partial charge in [-0.2, -0.15) is 41.1 Å². The molecule has 0 bridgehead atoms. The van der Waals surface area contributed by atoms with Crippen LogP contribution in [-0.2, 0) is 48.2 Å². The zero-order valence-corrected chi connectivity index (χ0v) is 34.1. The number of carbonyl (C=O) groups is 1. The molecular formula is C34H34Br2F4O8P2S2. The number of alkyl halides is 4. The average Bonchev–Trinajstić information content (AvgIpc) is 3.05. The van der Waals surface area contributed by atoms with Gasteiger partial charge in [-0.05, 0) is 60.4 Å². The maximum Gasteiger partial charge on any atom is 0.399 e. The number of rotatable bonds is 14. The third-order valence-corrected chi connectivity index (χ3v) is 12.5. The van der Waals surface area contributed by atoms with E-state index >= 15 is 0 Å². The predicted octanol–water partition coefficient (Wildman–Crippen LogP) is 10.7. The van der Waals surface area contributed by atoms with Crippen molar-refractivity contribution in [2.75, 3.05) is 6.61 Å². The summed E-state index contributed by atoms with van der Waals surface area (Å²) in [5.41, 5.74) is -4.67. The minimum atomic E-state index is -5.62. The molecule has 0 saturated heterocycles. The van der Waals surface area contributed by atoms with Crippen molar-refractivity contribution >= 4 is 76.5 Å². The summed E-state index contributed by atoms with van der Waals surface area (Å²) < 4.78 is 82.1. The summed E-state index contributed by atoms with van der Waals surface area (Å²) >= 11 is 9.09. The van der Waals surface area contributed by atoms with Gasteiger partial charge in [0.15, 0.2) is 0 Å². The molecule has 0 atom stereocenters. The maximum atomic E-state index is 13.9. The number of halogens is 6. The van der Waals surface area contributed by atoms with Crippen molar-refractivity contribution < 1.29 is 55.8 Å². The van der Waals surface area contributed by atoms with E-state index in [4.69, 9.17) is 24.3 Å². The zero-order chi connectivity index (χ0) is 38.9. The number of hydrogen-bond donors (Lipinski definition) is 4. The molecule has 4 aromatic rings. The summed E-state index contributed by atoms with van der Waals surface area (Å²) in [5.74, 6) is 2.08. The van der Waals surface area contributed by atoms with E-state index in [1.807, 2.05) is 37.3 Å². The molecular weight excluding hydrogens is 898 g/mol. The molecule has 0 saturated carbocycles. The van der Waals surface area contributed by atoms with Crippen LogP contribution in [0.2, 0.25) is 0 Å². The third-order valence-electron chi connectivity index (χ3n) is 7.08. The highest BCUT2D eigenvalue weighted by atomic mass is 79.9. The summed E-state index contributed by atoms with van der Waals surface area (Å²) in [6.45, 7) is 4.05. The smallest absolute Gasteiger partial charge is 0.399 e. The SMILES string of the molecule is CCOC(=O)c1cccc(CSCc2ccc(C(F)(F)P(=O)(O)O)c(Br)c2)c1.Cc1ccc(CSCc2ccc(C(F)(F)P(=O)(O)O)c(Br)c2)cc1. The van der Waals surface area contributed by atoms with Crippen molar-refractivity contribution in [3.05, 3.63) is 138 Å². The third kappa shape index (κ3) is 12.3. The van der Waals surface area contributed by atoms with Crippen LogP contribution >= 0.6 is 70.6 Å². The van der Waals surface area contributed by atoms with Crippen LogP contribution in [0.4, 0.5) is 17.6 Å². The predicted molar refractivity (Wildman–Crippen MR) is 204 cm³/mol. The minimum absolute atomic E-state index is 0.00994. The summed E-state index contributed by atoms with van der Waals surface area (Å²) in [4.78, 5) is 47.1. The Bertz CT molecular complexity index is 1940. The lowest BCUT2D eigenvalue weighted by Crippen LogP contribution is -2.14. The van der Waals surface area contributed by atoms with Crippen molar-refractivity contribution in [3.63, 3.8) is 0 Å². The van der Waals surface area contributed by atoms with Crippen LogP contribution < -0.4 is 0 Å². The summed E-state index contributed by atoms with van der Waals surface area (Å²) in [6, 6.07) is 23.0. The van der Waals surface area contributed by atoms with Crippen LogP contribution in [0.5, 0.6) is 0 Å². The lowest BCUT2D eigenvalue weighted by molar-refractivity contribution is 0.0526. The number of aryl methyl sites for hydroxylation is 1. The Labute approximate surface area is 323 Å². The number of benzene rings is 4. The van der Waals surface area contributed by atoms with Gasteiger partial charge in [0.05, 0.1) is 12.2 Å². The van der Waals surface area contributed by atoms with Crippen molar-refractivity contribution in [3.8, 4) is 0 Å². The van der Waals surface area contributed by atoms with Crippen molar-refractivity contribution in [1.29, 1.82) is 0 Å². The average molecular weight is 933 g/mol. The van der Waals surface area contributed by atoms with Crippen LogP contribution in [0.1, 0.15) is 56.2 Å². The van der Waals surface area contributed by atoms with Gasteiger partial charge in [0.1, 0.15) is 0 Å². The summed E-state index contributed by atoms with van der Waals surface area (Å²) in [6.07, 6.45) is 0. The second-order valence-corrected chi connectivity index (χ2v) is 18.2. The Hall–Kier alpha value is -1.97. The van der Waals surface area contributed by atoms with E-state index in [2.05, 4.69) is 31.9 Å². The van der Waals surface area contributed by atoms with Gasteiger partial charge in [-0.15, -0.1) is 0 Å². The Morgan fingerprint density at radius 3 is 1.48 bits per heavy atom. The second-order valence-electron chi connectivity index (χ2n) is 11.2. The molecule has 0 unspecified atom stereocenters. The van der Waals surface area contributed by atoms with Crippen molar-refractivity contribution in [1.82, 2.24) is 0 Å². The number of carbonyl (C=O) groups excluding carboxylic acids is 1. The van der Waals surface area contributed by atoms with Gasteiger partial charge < -0.3 is 24.3 Å². The molecule has 0 amide bonds. The number of ether oxygens (including phenoxy) is 1. The standard InChI is InChI=1S/C18H18BrF2O5PS.C16H16BrF2O3PS/c1-2-26-17(22)14-5-3-4-12(8-14)10-28-11-13-6-7-15(16(19)9-13)18(20,21)27(23,24)25;1-11-2-4-12(5-3-11)9-24-10-13-6-7-14(15(17)8-13)16(18,19)23(20,21)22/h3-9H,2,10-11H2,1H3,(H2,23,24,25);2-8H,9-10H2,1H3,(H2,20,21,22). The van der Waals surface area contributed by atoms with Crippen molar-refractivity contribution in [2.45, 2.75) is 48.2 Å². The zero-order valence-electron chi connectivity index (χ0n) is 27.5. The molecule has 8 nitrogen and oxygen atoms in total. The maximum absolute atomic E-state index is 13.9. The Balaban J connectivity index is 0.000000284. The first-order valence-electron chi connectivity index (χ1n) is 15.1. The highest BCUT2D eigenvalue weighted by Gasteiger charge is 2.52. The van der Waals surface area contributed by atoms with E-state index in [9.17, 15) is 31.5 Å². The van der Waals surface area contributed by atoms with Gasteiger partial charge in [0.2, 0.25) is 0 Å². The minimum Gasteiger partial charge on any atom is -0.462 e. The molecule has 0 aliphatic rings. The largest absolute Gasteiger partial charge is 0.462 e. The molecule has 18 heteroatoms. The molecule has 0 radical (unpaired) electrons. The molecule has 0 heterocycles. The lowest BCUT2D eigenvalue weighted by atomic mass is 10.1. The van der Waals surface area contributed by atoms with Gasteiger partial charge in [-0.25, -0.2) is 4.79 Å². The highest BCUT2D eigenvalue weighted by molar-refractivity contribution is 9.10. The normalized spacial score (nSPS) is 12.2. The van der Waals surface area contributed by atoms with Crippen LogP contribution in [0.3, 0.4) is 0 Å². The fraction of sp³-hybridized carbons (Fsp3) is 0.265. The summed E-state index contributed by atoms with van der Waals surface area (Å²) in [7, 11) is -11.2. The summed E-state index contributed by atoms with van der Waals surface area (Å²) in [5, 5.41) is 0.